The van der Waals surface area contributed by atoms with E-state index in [1.807, 2.05) is 19.1 Å². The Bertz CT molecular complexity index is 660. The summed E-state index contributed by atoms with van der Waals surface area (Å²) in [6.07, 6.45) is 1.90. The molecule has 0 saturated carbocycles. The smallest absolute Gasteiger partial charge is 0.133 e. The molecule has 3 nitrogen and oxygen atoms in total. The summed E-state index contributed by atoms with van der Waals surface area (Å²) in [6.45, 7) is 3.81. The molecule has 2 heterocycles. The molecule has 120 valence electrons. The first-order valence-electron chi connectivity index (χ1n) is 6.90. The summed E-state index contributed by atoms with van der Waals surface area (Å²) in [5.41, 5.74) is 3.44. The molecule has 0 aliphatic carbocycles. The topological polar surface area (TPSA) is 38.1 Å². The average molecular weight is 380 g/mol. The van der Waals surface area contributed by atoms with E-state index in [4.69, 9.17) is 27.7 Å². The van der Waals surface area contributed by atoms with Gasteiger partial charge in [0, 0.05) is 21.7 Å². The molecule has 1 aromatic heterocycles. The van der Waals surface area contributed by atoms with Crippen LogP contribution in [0.5, 0.6) is 0 Å². The third-order valence-electron chi connectivity index (χ3n) is 3.54. The van der Waals surface area contributed by atoms with E-state index < -0.39 is 0 Å². The maximum atomic E-state index is 6.42. The zero-order chi connectivity index (χ0) is 14.8. The van der Waals surface area contributed by atoms with Crippen molar-refractivity contribution < 1.29 is 4.52 Å². The van der Waals surface area contributed by atoms with Crippen LogP contribution in [0.25, 0.3) is 0 Å². The molecule has 1 aliphatic heterocycles. The monoisotopic (exact) mass is 378 g/mol. The van der Waals surface area contributed by atoms with Crippen LogP contribution in [0.4, 0.5) is 0 Å². The molecule has 0 bridgehead atoms. The van der Waals surface area contributed by atoms with E-state index in [1.54, 1.807) is 11.8 Å². The van der Waals surface area contributed by atoms with Gasteiger partial charge in [0.1, 0.15) is 5.76 Å². The summed E-state index contributed by atoms with van der Waals surface area (Å²) in [4.78, 5) is 1.13. The van der Waals surface area contributed by atoms with Gasteiger partial charge in [0.05, 0.1) is 10.7 Å². The minimum Gasteiger partial charge on any atom is -0.361 e. The summed E-state index contributed by atoms with van der Waals surface area (Å²) in [5.74, 6) is 1.58. The fourth-order valence-corrected chi connectivity index (χ4v) is 4.35. The molecule has 0 unspecified atom stereocenters. The van der Waals surface area contributed by atoms with Crippen molar-refractivity contribution in [3.05, 3.63) is 44.8 Å². The Morgan fingerprint density at radius 2 is 1.91 bits per heavy atom. The maximum absolute atomic E-state index is 6.42. The van der Waals surface area contributed by atoms with Gasteiger partial charge in [-0.05, 0) is 50.0 Å². The maximum Gasteiger partial charge on any atom is 0.133 e. The lowest BCUT2D eigenvalue weighted by Crippen LogP contribution is -2.16. The van der Waals surface area contributed by atoms with E-state index in [1.165, 1.54) is 11.1 Å². The number of aryl methyl sites for hydroxylation is 1. The van der Waals surface area contributed by atoms with Crippen LogP contribution in [0, 0.1) is 6.92 Å². The number of thioether (sulfide) groups is 1. The van der Waals surface area contributed by atoms with Crippen molar-refractivity contribution in [3.8, 4) is 0 Å². The van der Waals surface area contributed by atoms with Gasteiger partial charge >= 0.3 is 0 Å². The van der Waals surface area contributed by atoms with Gasteiger partial charge in [-0.25, -0.2) is 0 Å². The lowest BCUT2D eigenvalue weighted by molar-refractivity contribution is 0.393. The fraction of sp³-hybridized carbons (Fsp3) is 0.400. The second-order valence-corrected chi connectivity index (χ2v) is 6.89. The Hall–Kier alpha value is -0.390. The molecular weight excluding hydrogens is 363 g/mol. The molecule has 7 heteroatoms. The molecule has 0 atom stereocenters. The third kappa shape index (κ3) is 3.92. The Balaban J connectivity index is 0.00000176. The minimum atomic E-state index is 0. The van der Waals surface area contributed by atoms with E-state index in [0.717, 1.165) is 58.1 Å². The number of fused-ring (bicyclic) bond motifs is 1. The molecule has 22 heavy (non-hydrogen) atoms. The van der Waals surface area contributed by atoms with Gasteiger partial charge in [-0.15, -0.1) is 24.2 Å². The molecule has 2 aromatic rings. The van der Waals surface area contributed by atoms with Gasteiger partial charge in [-0.3, -0.25) is 0 Å². The Labute approximate surface area is 150 Å². The van der Waals surface area contributed by atoms with Crippen LogP contribution in [0.2, 0.25) is 10.0 Å². The van der Waals surface area contributed by atoms with E-state index in [-0.39, 0.29) is 12.4 Å². The van der Waals surface area contributed by atoms with Crippen LogP contribution >= 0.6 is 47.4 Å². The number of rotatable bonds is 3. The predicted octanol–water partition coefficient (Wildman–Crippen LogP) is 4.69. The van der Waals surface area contributed by atoms with Crippen molar-refractivity contribution in [3.63, 3.8) is 0 Å². The zero-order valence-electron chi connectivity index (χ0n) is 12.1. The number of nitrogens with zero attached hydrogens (tertiary/aromatic N) is 1. The second-order valence-electron chi connectivity index (χ2n) is 5.09. The van der Waals surface area contributed by atoms with Crippen LogP contribution in [0.15, 0.2) is 21.6 Å². The molecule has 0 fully saturated rings. The minimum absolute atomic E-state index is 0. The summed E-state index contributed by atoms with van der Waals surface area (Å²) in [6, 6.07) is 3.82. The number of benzene rings is 1. The number of nitrogens with one attached hydrogen (secondary N) is 1. The Kier molecular flexibility index (Phi) is 6.47. The van der Waals surface area contributed by atoms with Crippen LogP contribution in [-0.2, 0) is 18.6 Å². The molecule has 0 saturated heterocycles. The molecular formula is C15H17Cl3N2OS. The van der Waals surface area contributed by atoms with Gasteiger partial charge in [0.2, 0.25) is 0 Å². The van der Waals surface area contributed by atoms with Crippen molar-refractivity contribution in [1.82, 2.24) is 10.5 Å². The fourth-order valence-electron chi connectivity index (χ4n) is 2.56. The number of halogens is 3. The predicted molar refractivity (Wildman–Crippen MR) is 94.8 cm³/mol. The highest BCUT2D eigenvalue weighted by Crippen LogP contribution is 2.39. The second kappa shape index (κ2) is 7.93. The van der Waals surface area contributed by atoms with Gasteiger partial charge in [0.25, 0.3) is 0 Å². The normalized spacial score (nSPS) is 14.1. The van der Waals surface area contributed by atoms with Crippen LogP contribution in [-0.4, -0.2) is 18.2 Å². The summed E-state index contributed by atoms with van der Waals surface area (Å²) in [5, 5.41) is 8.94. The molecule has 1 aliphatic rings. The highest BCUT2D eigenvalue weighted by atomic mass is 35.5. The van der Waals surface area contributed by atoms with E-state index in [0.29, 0.717) is 0 Å². The van der Waals surface area contributed by atoms with Gasteiger partial charge < -0.3 is 9.84 Å². The molecule has 3 rings (SSSR count). The van der Waals surface area contributed by atoms with Crippen LogP contribution in [0.1, 0.15) is 22.6 Å². The van der Waals surface area contributed by atoms with Gasteiger partial charge in [0.15, 0.2) is 0 Å². The summed E-state index contributed by atoms with van der Waals surface area (Å²) >= 11 is 14.5. The van der Waals surface area contributed by atoms with Crippen molar-refractivity contribution in [2.45, 2.75) is 30.4 Å². The first kappa shape index (κ1) is 18.0. The third-order valence-corrected chi connectivity index (χ3v) is 5.48. The lowest BCUT2D eigenvalue weighted by Gasteiger charge is -2.15. The van der Waals surface area contributed by atoms with Crippen molar-refractivity contribution in [2.75, 3.05) is 13.1 Å². The van der Waals surface area contributed by atoms with Crippen molar-refractivity contribution in [2.24, 2.45) is 0 Å². The number of hydrogen-bond donors (Lipinski definition) is 1. The quantitative estimate of drug-likeness (QED) is 0.785. The first-order valence-corrected chi connectivity index (χ1v) is 8.65. The first-order chi connectivity index (χ1) is 10.1. The molecule has 1 aromatic carbocycles. The molecule has 0 radical (unpaired) electrons. The largest absolute Gasteiger partial charge is 0.361 e. The number of hydrogen-bond acceptors (Lipinski definition) is 4. The van der Waals surface area contributed by atoms with Crippen LogP contribution < -0.4 is 5.32 Å². The van der Waals surface area contributed by atoms with Gasteiger partial charge in [-0.1, -0.05) is 28.4 Å². The van der Waals surface area contributed by atoms with E-state index >= 15 is 0 Å². The lowest BCUT2D eigenvalue weighted by atomic mass is 10.0. The SMILES string of the molecule is Cc1cc(CSc2c(Cl)cc(Cl)c3c2CCNCC3)no1.Cl. The van der Waals surface area contributed by atoms with Crippen molar-refractivity contribution >= 4 is 47.4 Å². The molecule has 0 amide bonds. The van der Waals surface area contributed by atoms with Crippen molar-refractivity contribution in [1.29, 1.82) is 0 Å². The van der Waals surface area contributed by atoms with E-state index in [2.05, 4.69) is 10.5 Å². The Morgan fingerprint density at radius 1 is 1.18 bits per heavy atom. The highest BCUT2D eigenvalue weighted by Gasteiger charge is 2.19. The Morgan fingerprint density at radius 3 is 2.59 bits per heavy atom. The standard InChI is InChI=1S/C15H16Cl2N2OS.ClH/c1-9-6-10(19-20-9)8-21-15-12-3-5-18-4-2-11(12)13(16)7-14(15)17;/h6-7,18H,2-5,8H2,1H3;1H. The molecule has 0 spiro atoms. The zero-order valence-corrected chi connectivity index (χ0v) is 15.3. The summed E-state index contributed by atoms with van der Waals surface area (Å²) in [7, 11) is 0. The number of aromatic nitrogens is 1. The van der Waals surface area contributed by atoms with E-state index in [9.17, 15) is 0 Å². The highest BCUT2D eigenvalue weighted by molar-refractivity contribution is 7.98. The molecule has 1 N–H and O–H groups in total. The van der Waals surface area contributed by atoms with Gasteiger partial charge in [-0.2, -0.15) is 0 Å². The summed E-state index contributed by atoms with van der Waals surface area (Å²) < 4.78 is 5.11. The average Bonchev–Trinajstić information content (AvgIpc) is 2.72. The van der Waals surface area contributed by atoms with Crippen LogP contribution in [0.3, 0.4) is 0 Å².